The first-order valence-corrected chi connectivity index (χ1v) is 9.12. The number of rotatable bonds is 9. The minimum absolute atomic E-state index is 0.0322. The summed E-state index contributed by atoms with van der Waals surface area (Å²) in [4.78, 5) is 12.6. The number of unbranched alkanes of at least 4 members (excludes halogenated alkanes) is 1. The van der Waals surface area contributed by atoms with Crippen molar-refractivity contribution in [3.05, 3.63) is 34.5 Å². The summed E-state index contributed by atoms with van der Waals surface area (Å²) in [7, 11) is 0. The van der Waals surface area contributed by atoms with E-state index in [1.54, 1.807) is 0 Å². The van der Waals surface area contributed by atoms with Crippen molar-refractivity contribution < 1.29 is 9.53 Å². The van der Waals surface area contributed by atoms with Crippen molar-refractivity contribution in [3.8, 4) is 0 Å². The van der Waals surface area contributed by atoms with E-state index in [1.807, 2.05) is 36.6 Å². The van der Waals surface area contributed by atoms with Crippen molar-refractivity contribution in [1.82, 2.24) is 9.88 Å². The van der Waals surface area contributed by atoms with Crippen LogP contribution in [0.1, 0.15) is 49.2 Å². The molecular weight excluding hydrogens is 324 g/mol. The number of aromatic nitrogens is 1. The van der Waals surface area contributed by atoms with E-state index in [4.69, 9.17) is 16.3 Å². The topological polar surface area (TPSA) is 43.3 Å². The van der Waals surface area contributed by atoms with Crippen LogP contribution in [0.5, 0.6) is 0 Å². The van der Waals surface area contributed by atoms with Crippen LogP contribution >= 0.6 is 11.6 Å². The Kier molecular flexibility index (Phi) is 7.13. The molecule has 0 saturated heterocycles. The highest BCUT2D eigenvalue weighted by Crippen LogP contribution is 2.28. The van der Waals surface area contributed by atoms with Crippen molar-refractivity contribution in [3.63, 3.8) is 0 Å². The number of fused-ring (bicyclic) bond motifs is 1. The van der Waals surface area contributed by atoms with E-state index in [2.05, 4.69) is 12.2 Å². The van der Waals surface area contributed by atoms with Gasteiger partial charge in [-0.3, -0.25) is 4.79 Å². The number of halogens is 1. The Morgan fingerprint density at radius 1 is 1.25 bits per heavy atom. The largest absolute Gasteiger partial charge is 0.381 e. The Balaban J connectivity index is 2.03. The summed E-state index contributed by atoms with van der Waals surface area (Å²) in [5.41, 5.74) is 2.75. The van der Waals surface area contributed by atoms with Gasteiger partial charge in [0.05, 0.1) is 0 Å². The minimum Gasteiger partial charge on any atom is -0.381 e. The second-order valence-corrected chi connectivity index (χ2v) is 6.39. The molecule has 4 nitrogen and oxygen atoms in total. The molecule has 1 aromatic carbocycles. The zero-order valence-electron chi connectivity index (χ0n) is 14.8. The summed E-state index contributed by atoms with van der Waals surface area (Å²) >= 11 is 6.11. The maximum Gasteiger partial charge on any atom is 0.268 e. The quantitative estimate of drug-likeness (QED) is 0.674. The van der Waals surface area contributed by atoms with Crippen LogP contribution in [-0.4, -0.2) is 30.2 Å². The lowest BCUT2D eigenvalue weighted by atomic mass is 10.1. The molecule has 2 aromatic rings. The summed E-state index contributed by atoms with van der Waals surface area (Å²) in [5.74, 6) is -0.0322. The van der Waals surface area contributed by atoms with Gasteiger partial charge in [0.15, 0.2) is 0 Å². The van der Waals surface area contributed by atoms with Gasteiger partial charge in [-0.05, 0) is 50.5 Å². The van der Waals surface area contributed by atoms with Gasteiger partial charge in [0.25, 0.3) is 5.91 Å². The summed E-state index contributed by atoms with van der Waals surface area (Å²) in [5, 5.41) is 4.74. The van der Waals surface area contributed by atoms with Crippen molar-refractivity contribution in [2.24, 2.45) is 0 Å². The molecule has 0 aliphatic heterocycles. The van der Waals surface area contributed by atoms with Crippen LogP contribution in [0, 0.1) is 6.92 Å². The Morgan fingerprint density at radius 3 is 2.71 bits per heavy atom. The van der Waals surface area contributed by atoms with Crippen molar-refractivity contribution >= 4 is 28.4 Å². The number of aryl methyl sites for hydroxylation is 2. The van der Waals surface area contributed by atoms with E-state index in [1.165, 1.54) is 0 Å². The van der Waals surface area contributed by atoms with E-state index in [-0.39, 0.29) is 5.91 Å². The predicted octanol–water partition coefficient (Wildman–Crippen LogP) is 4.56. The first-order chi connectivity index (χ1) is 11.6. The molecule has 0 fully saturated rings. The molecule has 132 valence electrons. The number of hydrogen-bond donors (Lipinski definition) is 1. The molecule has 0 saturated carbocycles. The highest BCUT2D eigenvalue weighted by molar-refractivity contribution is 6.31. The number of ether oxygens (including phenoxy) is 1. The van der Waals surface area contributed by atoms with Gasteiger partial charge in [0, 0.05) is 42.2 Å². The van der Waals surface area contributed by atoms with Crippen molar-refractivity contribution in [2.75, 3.05) is 19.8 Å². The zero-order valence-corrected chi connectivity index (χ0v) is 15.6. The number of hydrogen-bond acceptors (Lipinski definition) is 2. The number of carbonyl (C=O) groups excluding carboxylic acids is 1. The molecule has 1 amide bonds. The Hall–Kier alpha value is -1.52. The first-order valence-electron chi connectivity index (χ1n) is 8.74. The maximum absolute atomic E-state index is 12.6. The first kappa shape index (κ1) is 18.8. The molecule has 0 aliphatic carbocycles. The summed E-state index contributed by atoms with van der Waals surface area (Å²) in [6.07, 6.45) is 3.05. The molecule has 0 spiro atoms. The number of nitrogens with one attached hydrogen (secondary N) is 1. The Bertz CT molecular complexity index is 694. The van der Waals surface area contributed by atoms with Crippen molar-refractivity contribution in [1.29, 1.82) is 0 Å². The molecule has 0 atom stereocenters. The fourth-order valence-electron chi connectivity index (χ4n) is 2.92. The van der Waals surface area contributed by atoms with Gasteiger partial charge >= 0.3 is 0 Å². The lowest BCUT2D eigenvalue weighted by Crippen LogP contribution is -2.28. The molecule has 0 radical (unpaired) electrons. The third kappa shape index (κ3) is 4.31. The highest BCUT2D eigenvalue weighted by atomic mass is 35.5. The average Bonchev–Trinajstić information content (AvgIpc) is 2.85. The van der Waals surface area contributed by atoms with Crippen LogP contribution in [0.2, 0.25) is 5.02 Å². The van der Waals surface area contributed by atoms with Gasteiger partial charge in [-0.15, -0.1) is 0 Å². The molecule has 0 unspecified atom stereocenters. The number of amides is 1. The van der Waals surface area contributed by atoms with E-state index in [0.29, 0.717) is 18.2 Å². The van der Waals surface area contributed by atoms with Crippen LogP contribution in [0.4, 0.5) is 0 Å². The molecule has 1 aromatic heterocycles. The maximum atomic E-state index is 12.6. The summed E-state index contributed by atoms with van der Waals surface area (Å²) in [6, 6.07) is 5.77. The van der Waals surface area contributed by atoms with E-state index >= 15 is 0 Å². The van der Waals surface area contributed by atoms with Crippen molar-refractivity contribution in [2.45, 2.75) is 46.6 Å². The highest BCUT2D eigenvalue weighted by Gasteiger charge is 2.19. The summed E-state index contributed by atoms with van der Waals surface area (Å²) in [6.45, 7) is 9.02. The van der Waals surface area contributed by atoms with E-state index in [9.17, 15) is 4.79 Å². The smallest absolute Gasteiger partial charge is 0.268 e. The molecule has 24 heavy (non-hydrogen) atoms. The van der Waals surface area contributed by atoms with Gasteiger partial charge in [-0.1, -0.05) is 24.9 Å². The second kappa shape index (κ2) is 9.09. The van der Waals surface area contributed by atoms with Crippen LogP contribution in [0.25, 0.3) is 10.9 Å². The van der Waals surface area contributed by atoms with Gasteiger partial charge in [-0.2, -0.15) is 0 Å². The van der Waals surface area contributed by atoms with Crippen LogP contribution in [0.15, 0.2) is 18.2 Å². The van der Waals surface area contributed by atoms with Gasteiger partial charge in [-0.25, -0.2) is 0 Å². The monoisotopic (exact) mass is 350 g/mol. The van der Waals surface area contributed by atoms with E-state index in [0.717, 1.165) is 54.6 Å². The normalized spacial score (nSPS) is 11.2. The van der Waals surface area contributed by atoms with Gasteiger partial charge in [0.2, 0.25) is 0 Å². The molecule has 1 N–H and O–H groups in total. The van der Waals surface area contributed by atoms with Crippen LogP contribution in [0.3, 0.4) is 0 Å². The molecule has 1 heterocycles. The lowest BCUT2D eigenvalue weighted by Gasteiger charge is -2.10. The fourth-order valence-corrected chi connectivity index (χ4v) is 3.10. The lowest BCUT2D eigenvalue weighted by molar-refractivity contribution is 0.0931. The predicted molar refractivity (Wildman–Crippen MR) is 100 cm³/mol. The molecule has 0 bridgehead atoms. The van der Waals surface area contributed by atoms with Gasteiger partial charge < -0.3 is 14.6 Å². The molecule has 2 rings (SSSR count). The standard InChI is InChI=1S/C19H27ClN2O2/c1-4-6-11-24-12-7-10-21-19(23)18-14(3)16-13-15(20)8-9-17(16)22(18)5-2/h8-9,13H,4-7,10-12H2,1-3H3,(H,21,23). The average molecular weight is 351 g/mol. The molecule has 0 aliphatic rings. The van der Waals surface area contributed by atoms with Crippen LogP contribution in [-0.2, 0) is 11.3 Å². The molecule has 5 heteroatoms. The number of nitrogens with zero attached hydrogens (tertiary/aromatic N) is 1. The zero-order chi connectivity index (χ0) is 17.5. The van der Waals surface area contributed by atoms with E-state index < -0.39 is 0 Å². The van der Waals surface area contributed by atoms with Gasteiger partial charge in [0.1, 0.15) is 5.69 Å². The Labute approximate surface area is 149 Å². The minimum atomic E-state index is -0.0322. The Morgan fingerprint density at radius 2 is 2.00 bits per heavy atom. The summed E-state index contributed by atoms with van der Waals surface area (Å²) < 4.78 is 7.57. The SMILES string of the molecule is CCCCOCCCNC(=O)c1c(C)c2cc(Cl)ccc2n1CC. The third-order valence-electron chi connectivity index (χ3n) is 4.20. The third-order valence-corrected chi connectivity index (χ3v) is 4.44. The number of benzene rings is 1. The number of carbonyl (C=O) groups is 1. The van der Waals surface area contributed by atoms with Crippen LogP contribution < -0.4 is 5.32 Å². The molecular formula is C19H27ClN2O2. The fraction of sp³-hybridized carbons (Fsp3) is 0.526. The second-order valence-electron chi connectivity index (χ2n) is 5.95.